The molecule has 0 spiro atoms. The Morgan fingerprint density at radius 3 is 2.57 bits per heavy atom. The molecule has 6 heteroatoms. The zero-order chi connectivity index (χ0) is 17.3. The molecule has 0 aliphatic carbocycles. The highest BCUT2D eigenvalue weighted by atomic mass is 16.5. The smallest absolute Gasteiger partial charge is 0.326 e. The average Bonchev–Trinajstić information content (AvgIpc) is 2.99. The number of ether oxygens (including phenoxy) is 1. The second-order valence-corrected chi connectivity index (χ2v) is 6.41. The third kappa shape index (κ3) is 6.29. The van der Waals surface area contributed by atoms with Crippen LogP contribution in [-0.4, -0.2) is 28.3 Å². The summed E-state index contributed by atoms with van der Waals surface area (Å²) >= 11 is 0. The summed E-state index contributed by atoms with van der Waals surface area (Å²) < 4.78 is 10.8. The fourth-order valence-corrected chi connectivity index (χ4v) is 2.30. The lowest BCUT2D eigenvalue weighted by Gasteiger charge is -2.28. The fourth-order valence-electron chi connectivity index (χ4n) is 2.30. The van der Waals surface area contributed by atoms with Crippen molar-refractivity contribution < 1.29 is 13.9 Å². The van der Waals surface area contributed by atoms with Crippen LogP contribution in [0.4, 0.5) is 0 Å². The number of carbonyl (C=O) groups excluding carboxylic acids is 1. The van der Waals surface area contributed by atoms with Gasteiger partial charge in [0.25, 0.3) is 0 Å². The summed E-state index contributed by atoms with van der Waals surface area (Å²) in [5, 5.41) is 11.3. The molecule has 6 nitrogen and oxygen atoms in total. The van der Waals surface area contributed by atoms with Gasteiger partial charge in [0.15, 0.2) is 0 Å². The van der Waals surface area contributed by atoms with E-state index in [9.17, 15) is 4.79 Å². The molecule has 0 aromatic carbocycles. The van der Waals surface area contributed by atoms with E-state index in [-0.39, 0.29) is 11.9 Å². The van der Waals surface area contributed by atoms with Crippen LogP contribution in [0.25, 0.3) is 0 Å². The minimum Gasteiger partial charge on any atom is -0.465 e. The van der Waals surface area contributed by atoms with Gasteiger partial charge in [-0.3, -0.25) is 10.1 Å². The first-order valence-corrected chi connectivity index (χ1v) is 8.67. The topological polar surface area (TPSA) is 77.3 Å². The highest BCUT2D eigenvalue weighted by molar-refractivity contribution is 5.80. The maximum Gasteiger partial charge on any atom is 0.326 e. The highest BCUT2D eigenvalue weighted by Gasteiger charge is 2.34. The van der Waals surface area contributed by atoms with Crippen molar-refractivity contribution in [1.29, 1.82) is 0 Å². The summed E-state index contributed by atoms with van der Waals surface area (Å²) in [6, 6.07) is 0. The predicted octanol–water partition coefficient (Wildman–Crippen LogP) is 3.57. The van der Waals surface area contributed by atoms with E-state index in [1.165, 1.54) is 12.8 Å². The second kappa shape index (κ2) is 9.65. The molecule has 0 amide bonds. The van der Waals surface area contributed by atoms with Crippen LogP contribution in [0.1, 0.15) is 84.4 Å². The Balaban J connectivity index is 2.65. The number of carbonyl (C=O) groups is 1. The fraction of sp³-hybridized carbons (Fsp3) is 0.824. The van der Waals surface area contributed by atoms with Gasteiger partial charge in [0.05, 0.1) is 13.2 Å². The van der Waals surface area contributed by atoms with Crippen LogP contribution in [0.5, 0.6) is 0 Å². The maximum absolute atomic E-state index is 12.3. The molecule has 1 heterocycles. The van der Waals surface area contributed by atoms with E-state index < -0.39 is 5.54 Å². The van der Waals surface area contributed by atoms with Gasteiger partial charge in [-0.15, -0.1) is 10.2 Å². The van der Waals surface area contributed by atoms with Crippen molar-refractivity contribution in [2.75, 3.05) is 6.61 Å². The van der Waals surface area contributed by atoms with Crippen molar-refractivity contribution in [3.63, 3.8) is 0 Å². The molecule has 0 fully saturated rings. The number of esters is 1. The standard InChI is InChI=1S/C17H31N3O3/c1-6-8-9-10-11-17(5,16(21)22-7-2)18-12-14-19-20-15(23-14)13(3)4/h13,18H,6-12H2,1-5H3. The lowest BCUT2D eigenvalue weighted by Crippen LogP contribution is -2.50. The molecular weight excluding hydrogens is 294 g/mol. The molecule has 1 aromatic rings. The summed E-state index contributed by atoms with van der Waals surface area (Å²) in [6.07, 6.45) is 5.18. The van der Waals surface area contributed by atoms with E-state index in [2.05, 4.69) is 22.4 Å². The van der Waals surface area contributed by atoms with Crippen LogP contribution in [0.3, 0.4) is 0 Å². The monoisotopic (exact) mass is 325 g/mol. The number of nitrogens with zero attached hydrogens (tertiary/aromatic N) is 2. The largest absolute Gasteiger partial charge is 0.465 e. The van der Waals surface area contributed by atoms with Crippen LogP contribution in [0.15, 0.2) is 4.42 Å². The molecule has 1 rings (SSSR count). The van der Waals surface area contributed by atoms with Gasteiger partial charge in [-0.05, 0) is 20.3 Å². The van der Waals surface area contributed by atoms with Crippen molar-refractivity contribution in [1.82, 2.24) is 15.5 Å². The van der Waals surface area contributed by atoms with Crippen molar-refractivity contribution in [2.24, 2.45) is 0 Å². The van der Waals surface area contributed by atoms with E-state index in [4.69, 9.17) is 9.15 Å². The summed E-state index contributed by atoms with van der Waals surface area (Å²) in [7, 11) is 0. The molecule has 0 aliphatic rings. The zero-order valence-corrected chi connectivity index (χ0v) is 15.1. The average molecular weight is 325 g/mol. The molecule has 132 valence electrons. The van der Waals surface area contributed by atoms with E-state index in [0.29, 0.717) is 24.9 Å². The number of aromatic nitrogens is 2. The summed E-state index contributed by atoms with van der Waals surface area (Å²) in [5.41, 5.74) is -0.726. The second-order valence-electron chi connectivity index (χ2n) is 6.41. The molecule has 0 radical (unpaired) electrons. The number of unbranched alkanes of at least 4 members (excludes halogenated alkanes) is 3. The molecule has 23 heavy (non-hydrogen) atoms. The van der Waals surface area contributed by atoms with Crippen LogP contribution in [-0.2, 0) is 16.1 Å². The van der Waals surface area contributed by atoms with Crippen LogP contribution >= 0.6 is 0 Å². The minimum atomic E-state index is -0.726. The molecule has 1 unspecified atom stereocenters. The molecule has 1 atom stereocenters. The SMILES string of the molecule is CCCCCCC(C)(NCc1nnc(C(C)C)o1)C(=O)OCC. The van der Waals surface area contributed by atoms with Gasteiger partial charge >= 0.3 is 5.97 Å². The Morgan fingerprint density at radius 2 is 2.00 bits per heavy atom. The first-order chi connectivity index (χ1) is 10.9. The minimum absolute atomic E-state index is 0.196. The number of nitrogens with one attached hydrogen (secondary N) is 1. The molecular formula is C17H31N3O3. The normalized spacial score (nSPS) is 14.0. The summed E-state index contributed by atoms with van der Waals surface area (Å²) in [4.78, 5) is 12.3. The first kappa shape index (κ1) is 19.6. The van der Waals surface area contributed by atoms with Crippen LogP contribution < -0.4 is 5.32 Å². The van der Waals surface area contributed by atoms with Crippen LogP contribution in [0.2, 0.25) is 0 Å². The lowest BCUT2D eigenvalue weighted by molar-refractivity contribution is -0.151. The van der Waals surface area contributed by atoms with Gasteiger partial charge in [0.1, 0.15) is 5.54 Å². The van der Waals surface area contributed by atoms with Crippen molar-refractivity contribution in [2.45, 2.75) is 84.7 Å². The third-order valence-electron chi connectivity index (χ3n) is 3.86. The molecule has 1 aromatic heterocycles. The predicted molar refractivity (Wildman–Crippen MR) is 89.0 cm³/mol. The molecule has 0 aliphatic heterocycles. The van der Waals surface area contributed by atoms with Crippen LogP contribution in [0, 0.1) is 0 Å². The quantitative estimate of drug-likeness (QED) is 0.495. The number of hydrogen-bond donors (Lipinski definition) is 1. The highest BCUT2D eigenvalue weighted by Crippen LogP contribution is 2.19. The van der Waals surface area contributed by atoms with Gasteiger partial charge in [0.2, 0.25) is 11.8 Å². The molecule has 0 bridgehead atoms. The van der Waals surface area contributed by atoms with Gasteiger partial charge in [-0.1, -0.05) is 46.5 Å². The molecule has 1 N–H and O–H groups in total. The van der Waals surface area contributed by atoms with Gasteiger partial charge < -0.3 is 9.15 Å². The Hall–Kier alpha value is -1.43. The van der Waals surface area contributed by atoms with Crippen molar-refractivity contribution >= 4 is 5.97 Å². The molecule has 0 saturated heterocycles. The summed E-state index contributed by atoms with van der Waals surface area (Å²) in [6.45, 7) is 10.6. The Morgan fingerprint density at radius 1 is 1.26 bits per heavy atom. The van der Waals surface area contributed by atoms with Crippen molar-refractivity contribution in [3.05, 3.63) is 11.8 Å². The van der Waals surface area contributed by atoms with E-state index in [0.717, 1.165) is 19.3 Å². The first-order valence-electron chi connectivity index (χ1n) is 8.67. The number of hydrogen-bond acceptors (Lipinski definition) is 6. The maximum atomic E-state index is 12.3. The summed E-state index contributed by atoms with van der Waals surface area (Å²) in [5.74, 6) is 1.09. The van der Waals surface area contributed by atoms with E-state index in [1.54, 1.807) is 0 Å². The van der Waals surface area contributed by atoms with Gasteiger partial charge in [-0.25, -0.2) is 0 Å². The Bertz CT molecular complexity index is 473. The Kier molecular flexibility index (Phi) is 8.23. The van der Waals surface area contributed by atoms with E-state index in [1.807, 2.05) is 27.7 Å². The Labute approximate surface area is 139 Å². The lowest BCUT2D eigenvalue weighted by atomic mass is 9.94. The van der Waals surface area contributed by atoms with E-state index >= 15 is 0 Å². The van der Waals surface area contributed by atoms with Crippen molar-refractivity contribution in [3.8, 4) is 0 Å². The molecule has 0 saturated carbocycles. The zero-order valence-electron chi connectivity index (χ0n) is 15.1. The number of rotatable bonds is 11. The van der Waals surface area contributed by atoms with Gasteiger partial charge in [0, 0.05) is 5.92 Å². The third-order valence-corrected chi connectivity index (χ3v) is 3.86. The van der Waals surface area contributed by atoms with Gasteiger partial charge in [-0.2, -0.15) is 0 Å².